The van der Waals surface area contributed by atoms with E-state index in [1.807, 2.05) is 13.0 Å². The molecule has 0 aliphatic heterocycles. The molecule has 0 spiro atoms. The summed E-state index contributed by atoms with van der Waals surface area (Å²) in [4.78, 5) is 11.2. The molecule has 0 rings (SSSR count). The largest absolute Gasteiger partial charge is 0.460 e. The predicted molar refractivity (Wildman–Crippen MR) is 91.3 cm³/mol. The van der Waals surface area contributed by atoms with E-state index in [1.54, 1.807) is 0 Å². The molecule has 0 aromatic heterocycles. The molecular weight excluding hydrogens is 292 g/mol. The SMILES string of the molecule is C=CCCCCCC(OC(C)=O)C(O)C(O)C#CC#CCCC. The van der Waals surface area contributed by atoms with Gasteiger partial charge in [0.25, 0.3) is 0 Å². The Morgan fingerprint density at radius 1 is 1.26 bits per heavy atom. The van der Waals surface area contributed by atoms with Crippen molar-refractivity contribution in [2.24, 2.45) is 0 Å². The minimum absolute atomic E-state index is 0.483. The molecule has 4 nitrogen and oxygen atoms in total. The lowest BCUT2D eigenvalue weighted by Crippen LogP contribution is -2.39. The fourth-order valence-corrected chi connectivity index (χ4v) is 1.95. The van der Waals surface area contributed by atoms with Crippen LogP contribution in [0.1, 0.15) is 58.8 Å². The number of ether oxygens (including phenoxy) is 1. The fraction of sp³-hybridized carbons (Fsp3) is 0.632. The predicted octanol–water partition coefficient (Wildman–Crippen LogP) is 2.58. The Hall–Kier alpha value is -1.75. The molecule has 128 valence electrons. The van der Waals surface area contributed by atoms with Crippen LogP contribution in [0.4, 0.5) is 0 Å². The van der Waals surface area contributed by atoms with E-state index < -0.39 is 24.3 Å². The molecule has 3 atom stereocenters. The molecule has 0 fully saturated rings. The molecule has 0 heterocycles. The summed E-state index contributed by atoms with van der Waals surface area (Å²) in [5.74, 6) is 9.97. The van der Waals surface area contributed by atoms with Crippen LogP contribution in [0, 0.1) is 23.7 Å². The quantitative estimate of drug-likeness (QED) is 0.281. The summed E-state index contributed by atoms with van der Waals surface area (Å²) in [5.41, 5.74) is 0. The van der Waals surface area contributed by atoms with Crippen LogP contribution in [-0.4, -0.2) is 34.5 Å². The van der Waals surface area contributed by atoms with Crippen LogP contribution in [0.5, 0.6) is 0 Å². The minimum Gasteiger partial charge on any atom is -0.460 e. The van der Waals surface area contributed by atoms with Crippen LogP contribution in [-0.2, 0) is 9.53 Å². The van der Waals surface area contributed by atoms with Gasteiger partial charge in [-0.15, -0.1) is 6.58 Å². The highest BCUT2D eigenvalue weighted by Crippen LogP contribution is 2.14. The van der Waals surface area contributed by atoms with Gasteiger partial charge in [-0.1, -0.05) is 31.3 Å². The zero-order valence-corrected chi connectivity index (χ0v) is 14.2. The molecule has 0 amide bonds. The molecule has 0 aliphatic rings. The van der Waals surface area contributed by atoms with Gasteiger partial charge in [0.2, 0.25) is 0 Å². The van der Waals surface area contributed by atoms with Crippen molar-refractivity contribution in [1.82, 2.24) is 0 Å². The first kappa shape index (κ1) is 21.2. The van der Waals surface area contributed by atoms with Gasteiger partial charge >= 0.3 is 5.97 Å². The van der Waals surface area contributed by atoms with Crippen molar-refractivity contribution in [1.29, 1.82) is 0 Å². The maximum atomic E-state index is 11.2. The van der Waals surface area contributed by atoms with Crippen molar-refractivity contribution in [2.45, 2.75) is 77.1 Å². The third-order valence-electron chi connectivity index (χ3n) is 3.16. The molecule has 23 heavy (non-hydrogen) atoms. The first-order valence-electron chi connectivity index (χ1n) is 8.15. The highest BCUT2D eigenvalue weighted by molar-refractivity contribution is 5.66. The van der Waals surface area contributed by atoms with E-state index in [0.29, 0.717) is 6.42 Å². The van der Waals surface area contributed by atoms with Gasteiger partial charge in [-0.25, -0.2) is 0 Å². The molecule has 0 saturated heterocycles. The lowest BCUT2D eigenvalue weighted by Gasteiger charge is -2.24. The van der Waals surface area contributed by atoms with E-state index in [2.05, 4.69) is 30.3 Å². The van der Waals surface area contributed by atoms with Crippen LogP contribution in [0.25, 0.3) is 0 Å². The molecular formula is C19H28O4. The number of carbonyl (C=O) groups is 1. The molecule has 0 aromatic carbocycles. The van der Waals surface area contributed by atoms with Gasteiger partial charge in [-0.3, -0.25) is 4.79 Å². The van der Waals surface area contributed by atoms with Crippen molar-refractivity contribution >= 4 is 5.97 Å². The monoisotopic (exact) mass is 320 g/mol. The number of unbranched alkanes of at least 4 members (excludes halogenated alkanes) is 4. The smallest absolute Gasteiger partial charge is 0.302 e. The maximum absolute atomic E-state index is 11.2. The lowest BCUT2D eigenvalue weighted by molar-refractivity contribution is -0.156. The maximum Gasteiger partial charge on any atom is 0.302 e. The second-order valence-corrected chi connectivity index (χ2v) is 5.33. The summed E-state index contributed by atoms with van der Waals surface area (Å²) in [6.07, 6.45) is 4.42. The van der Waals surface area contributed by atoms with Crippen molar-refractivity contribution in [3.8, 4) is 23.7 Å². The zero-order valence-electron chi connectivity index (χ0n) is 14.2. The Kier molecular flexibility index (Phi) is 12.8. The Labute approximate surface area is 139 Å². The minimum atomic E-state index is -1.29. The average molecular weight is 320 g/mol. The van der Waals surface area contributed by atoms with E-state index in [4.69, 9.17) is 4.74 Å². The number of aliphatic hydroxyl groups is 2. The molecule has 0 aromatic rings. The summed E-state index contributed by atoms with van der Waals surface area (Å²) in [6, 6.07) is 0. The molecule has 3 unspecified atom stereocenters. The molecule has 0 bridgehead atoms. The first-order chi connectivity index (χ1) is 11.0. The summed E-state index contributed by atoms with van der Waals surface area (Å²) < 4.78 is 5.11. The van der Waals surface area contributed by atoms with E-state index in [1.165, 1.54) is 6.92 Å². The van der Waals surface area contributed by atoms with E-state index in [9.17, 15) is 15.0 Å². The summed E-state index contributed by atoms with van der Waals surface area (Å²) in [6.45, 7) is 6.96. The molecule has 2 N–H and O–H groups in total. The molecule has 0 saturated carbocycles. The molecule has 4 heteroatoms. The third kappa shape index (κ3) is 11.5. The normalized spacial score (nSPS) is 13.6. The Morgan fingerprint density at radius 2 is 2.00 bits per heavy atom. The van der Waals surface area contributed by atoms with Gasteiger partial charge < -0.3 is 14.9 Å². The number of carbonyl (C=O) groups excluding carboxylic acids is 1. The highest BCUT2D eigenvalue weighted by atomic mass is 16.6. The summed E-state index contributed by atoms with van der Waals surface area (Å²) >= 11 is 0. The van der Waals surface area contributed by atoms with Crippen molar-refractivity contribution in [3.63, 3.8) is 0 Å². The second kappa shape index (κ2) is 13.9. The molecule has 0 aliphatic carbocycles. The van der Waals surface area contributed by atoms with Crippen LogP contribution in [0.15, 0.2) is 12.7 Å². The number of hydrogen-bond acceptors (Lipinski definition) is 4. The Morgan fingerprint density at radius 3 is 2.61 bits per heavy atom. The van der Waals surface area contributed by atoms with Crippen LogP contribution >= 0.6 is 0 Å². The number of allylic oxidation sites excluding steroid dienone is 1. The standard InChI is InChI=1S/C19H28O4/c1-4-6-8-10-12-14-17(21)19(22)18(23-16(3)20)15-13-11-9-7-5-2/h5,17-19,21-22H,2,4,6-7,9,11,13,15H2,1,3H3. The highest BCUT2D eigenvalue weighted by Gasteiger charge is 2.27. The van der Waals surface area contributed by atoms with Crippen molar-refractivity contribution < 1.29 is 19.7 Å². The van der Waals surface area contributed by atoms with Gasteiger partial charge in [0, 0.05) is 13.3 Å². The Balaban J connectivity index is 4.53. The zero-order chi connectivity index (χ0) is 17.5. The topological polar surface area (TPSA) is 66.8 Å². The second-order valence-electron chi connectivity index (χ2n) is 5.33. The first-order valence-corrected chi connectivity index (χ1v) is 8.15. The fourth-order valence-electron chi connectivity index (χ4n) is 1.95. The van der Waals surface area contributed by atoms with Gasteiger partial charge in [0.05, 0.1) is 0 Å². The van der Waals surface area contributed by atoms with Crippen LogP contribution in [0.2, 0.25) is 0 Å². The van der Waals surface area contributed by atoms with Crippen molar-refractivity contribution in [3.05, 3.63) is 12.7 Å². The van der Waals surface area contributed by atoms with E-state index >= 15 is 0 Å². The van der Waals surface area contributed by atoms with Gasteiger partial charge in [-0.05, 0) is 43.9 Å². The van der Waals surface area contributed by atoms with Crippen LogP contribution in [0.3, 0.4) is 0 Å². The number of esters is 1. The van der Waals surface area contributed by atoms with Crippen molar-refractivity contribution in [2.75, 3.05) is 0 Å². The number of rotatable bonds is 10. The van der Waals surface area contributed by atoms with Gasteiger partial charge in [-0.2, -0.15) is 0 Å². The lowest BCUT2D eigenvalue weighted by atomic mass is 10.0. The average Bonchev–Trinajstić information content (AvgIpc) is 2.52. The number of hydrogen-bond donors (Lipinski definition) is 2. The van der Waals surface area contributed by atoms with E-state index in [0.717, 1.165) is 38.5 Å². The number of aliphatic hydroxyl groups excluding tert-OH is 2. The molecule has 0 radical (unpaired) electrons. The third-order valence-corrected chi connectivity index (χ3v) is 3.16. The summed E-state index contributed by atoms with van der Waals surface area (Å²) in [5, 5.41) is 20.0. The van der Waals surface area contributed by atoms with Gasteiger partial charge in [0.1, 0.15) is 18.3 Å². The van der Waals surface area contributed by atoms with E-state index in [-0.39, 0.29) is 0 Å². The van der Waals surface area contributed by atoms with Gasteiger partial charge in [0.15, 0.2) is 0 Å². The summed E-state index contributed by atoms with van der Waals surface area (Å²) in [7, 11) is 0. The Bertz CT molecular complexity index is 461. The van der Waals surface area contributed by atoms with Crippen LogP contribution < -0.4 is 0 Å².